The molecule has 1 heterocycles. The number of H-pyrrole nitrogens is 1. The van der Waals surface area contributed by atoms with E-state index in [1.54, 1.807) is 30.3 Å². The Morgan fingerprint density at radius 3 is 2.05 bits per heavy atom. The smallest absolute Gasteiger partial charge is 0.326 e. The number of benzene rings is 1. The minimum atomic E-state index is -1.44. The number of carboxylic acid groups (broad SMARTS) is 2. The molecule has 0 saturated heterocycles. The van der Waals surface area contributed by atoms with E-state index in [2.05, 4.69) is 25.9 Å². The number of carbonyl (C=O) groups is 6. The maximum atomic E-state index is 13.3. The number of nitrogens with two attached hydrogens (primary N) is 2. The van der Waals surface area contributed by atoms with E-state index in [0.717, 1.165) is 0 Å². The van der Waals surface area contributed by atoms with E-state index in [1.165, 1.54) is 12.5 Å². The Kier molecular flexibility index (Phi) is 11.6. The van der Waals surface area contributed by atoms with E-state index in [4.69, 9.17) is 16.6 Å². The number of amides is 4. The van der Waals surface area contributed by atoms with E-state index < -0.39 is 66.2 Å². The molecule has 1 aromatic heterocycles. The fourth-order valence-electron chi connectivity index (χ4n) is 3.54. The molecule has 210 valence electrons. The first-order valence-electron chi connectivity index (χ1n) is 11.9. The van der Waals surface area contributed by atoms with Gasteiger partial charge in [-0.2, -0.15) is 0 Å². The lowest BCUT2D eigenvalue weighted by Gasteiger charge is -2.25. The van der Waals surface area contributed by atoms with Crippen molar-refractivity contribution >= 4 is 35.6 Å². The number of carbonyl (C=O) groups excluding carboxylic acids is 4. The quantitative estimate of drug-likeness (QED) is 0.113. The Balaban J connectivity index is 2.23. The topological polar surface area (TPSA) is 260 Å². The third kappa shape index (κ3) is 10.6. The second-order valence-corrected chi connectivity index (χ2v) is 8.70. The zero-order valence-electron chi connectivity index (χ0n) is 20.8. The summed E-state index contributed by atoms with van der Waals surface area (Å²) in [5, 5.41) is 25.6. The van der Waals surface area contributed by atoms with Crippen molar-refractivity contribution in [2.24, 2.45) is 11.5 Å². The van der Waals surface area contributed by atoms with Gasteiger partial charge < -0.3 is 42.6 Å². The number of hydrogen-bond acceptors (Lipinski definition) is 8. The van der Waals surface area contributed by atoms with Gasteiger partial charge in [0.2, 0.25) is 23.6 Å². The molecule has 4 atom stereocenters. The van der Waals surface area contributed by atoms with Gasteiger partial charge in [0, 0.05) is 31.2 Å². The van der Waals surface area contributed by atoms with Crippen molar-refractivity contribution in [1.29, 1.82) is 0 Å². The Bertz CT molecular complexity index is 1160. The third-order valence-electron chi connectivity index (χ3n) is 5.55. The average Bonchev–Trinajstić information content (AvgIpc) is 3.38. The summed E-state index contributed by atoms with van der Waals surface area (Å²) in [4.78, 5) is 79.4. The number of aromatic amines is 1. The largest absolute Gasteiger partial charge is 0.481 e. The highest BCUT2D eigenvalue weighted by atomic mass is 16.4. The van der Waals surface area contributed by atoms with Gasteiger partial charge in [0.1, 0.15) is 18.1 Å². The van der Waals surface area contributed by atoms with Crippen LogP contribution < -0.4 is 27.4 Å². The Morgan fingerprint density at radius 2 is 1.49 bits per heavy atom. The van der Waals surface area contributed by atoms with Crippen LogP contribution in [0.25, 0.3) is 0 Å². The summed E-state index contributed by atoms with van der Waals surface area (Å²) in [7, 11) is 0. The molecular formula is C24H31N7O8. The second-order valence-electron chi connectivity index (χ2n) is 8.70. The van der Waals surface area contributed by atoms with Crippen molar-refractivity contribution in [3.8, 4) is 0 Å². The highest BCUT2D eigenvalue weighted by Gasteiger charge is 2.31. The lowest BCUT2D eigenvalue weighted by atomic mass is 10.0. The van der Waals surface area contributed by atoms with Gasteiger partial charge in [0.05, 0.1) is 18.8 Å². The molecule has 4 unspecified atom stereocenters. The molecule has 39 heavy (non-hydrogen) atoms. The number of primary amides is 1. The molecule has 0 aliphatic heterocycles. The second kappa shape index (κ2) is 14.8. The van der Waals surface area contributed by atoms with Gasteiger partial charge in [-0.25, -0.2) is 9.78 Å². The molecule has 0 radical (unpaired) electrons. The first-order chi connectivity index (χ1) is 18.5. The monoisotopic (exact) mass is 545 g/mol. The van der Waals surface area contributed by atoms with Crippen LogP contribution in [0.4, 0.5) is 0 Å². The molecule has 0 fully saturated rings. The number of hydrogen-bond donors (Lipinski definition) is 8. The number of imidazole rings is 1. The van der Waals surface area contributed by atoms with E-state index in [9.17, 15) is 33.9 Å². The summed E-state index contributed by atoms with van der Waals surface area (Å²) in [6, 6.07) is 3.02. The third-order valence-corrected chi connectivity index (χ3v) is 5.55. The Morgan fingerprint density at radius 1 is 0.872 bits per heavy atom. The molecule has 0 bridgehead atoms. The van der Waals surface area contributed by atoms with Crippen LogP contribution in [0.15, 0.2) is 42.9 Å². The molecule has 0 aliphatic rings. The molecule has 15 nitrogen and oxygen atoms in total. The van der Waals surface area contributed by atoms with Gasteiger partial charge in [-0.1, -0.05) is 30.3 Å². The lowest BCUT2D eigenvalue weighted by Crippen LogP contribution is -2.58. The SMILES string of the molecule is NC(=O)CCC(NC(=O)C(Cc1ccccc1)NC(=O)C(N)CC(=O)O)C(=O)NC(Cc1cnc[nH]1)C(=O)O. The van der Waals surface area contributed by atoms with Crippen LogP contribution in [-0.2, 0) is 41.6 Å². The summed E-state index contributed by atoms with van der Waals surface area (Å²) in [5.74, 6) is -6.07. The van der Waals surface area contributed by atoms with Gasteiger partial charge in [-0.05, 0) is 12.0 Å². The van der Waals surface area contributed by atoms with Crippen molar-refractivity contribution in [2.75, 3.05) is 0 Å². The van der Waals surface area contributed by atoms with Crippen LogP contribution in [0.2, 0.25) is 0 Å². The molecule has 2 aromatic rings. The number of rotatable bonds is 16. The molecule has 15 heteroatoms. The summed E-state index contributed by atoms with van der Waals surface area (Å²) in [6.07, 6.45) is 1.31. The molecule has 0 saturated carbocycles. The minimum Gasteiger partial charge on any atom is -0.481 e. The van der Waals surface area contributed by atoms with Crippen molar-refractivity contribution in [3.05, 3.63) is 54.1 Å². The molecule has 1 aromatic carbocycles. The van der Waals surface area contributed by atoms with Crippen LogP contribution in [0.5, 0.6) is 0 Å². The van der Waals surface area contributed by atoms with Crippen molar-refractivity contribution < 1.29 is 39.0 Å². The first kappa shape index (κ1) is 30.4. The Labute approximate surface area is 222 Å². The van der Waals surface area contributed by atoms with Crippen LogP contribution in [-0.4, -0.2) is 79.9 Å². The van der Waals surface area contributed by atoms with Crippen LogP contribution >= 0.6 is 0 Å². The van der Waals surface area contributed by atoms with E-state index >= 15 is 0 Å². The molecule has 4 amide bonds. The maximum Gasteiger partial charge on any atom is 0.326 e. The molecule has 2 rings (SSSR count). The summed E-state index contributed by atoms with van der Waals surface area (Å²) < 4.78 is 0. The minimum absolute atomic E-state index is 0.0417. The number of nitrogens with one attached hydrogen (secondary N) is 4. The lowest BCUT2D eigenvalue weighted by molar-refractivity contribution is -0.142. The van der Waals surface area contributed by atoms with Crippen molar-refractivity contribution in [2.45, 2.75) is 56.3 Å². The molecular weight excluding hydrogens is 514 g/mol. The fraction of sp³-hybridized carbons (Fsp3) is 0.375. The van der Waals surface area contributed by atoms with E-state index in [0.29, 0.717) is 11.3 Å². The predicted molar refractivity (Wildman–Crippen MR) is 135 cm³/mol. The van der Waals surface area contributed by atoms with Crippen LogP contribution in [0.3, 0.4) is 0 Å². The standard InChI is InChI=1S/C24H31N7O8/c25-15(10-20(33)34)21(35)30-17(8-13-4-2-1-3-5-13)23(37)29-16(6-7-19(26)32)22(36)31-18(24(38)39)9-14-11-27-12-28-14/h1-5,11-12,15-18H,6-10,25H2,(H2,26,32)(H,27,28)(H,29,37)(H,30,35)(H,31,36)(H,33,34)(H,38,39). The fourth-order valence-corrected chi connectivity index (χ4v) is 3.54. The molecule has 10 N–H and O–H groups in total. The number of nitrogens with zero attached hydrogens (tertiary/aromatic N) is 1. The average molecular weight is 546 g/mol. The maximum absolute atomic E-state index is 13.3. The van der Waals surface area contributed by atoms with E-state index in [1.807, 2.05) is 0 Å². The summed E-state index contributed by atoms with van der Waals surface area (Å²) in [6.45, 7) is 0. The molecule has 0 aliphatic carbocycles. The van der Waals surface area contributed by atoms with Gasteiger partial charge in [0.25, 0.3) is 0 Å². The number of aromatic nitrogens is 2. The van der Waals surface area contributed by atoms with Crippen molar-refractivity contribution in [1.82, 2.24) is 25.9 Å². The van der Waals surface area contributed by atoms with Crippen molar-refractivity contribution in [3.63, 3.8) is 0 Å². The zero-order valence-corrected chi connectivity index (χ0v) is 20.8. The summed E-state index contributed by atoms with van der Waals surface area (Å²) >= 11 is 0. The van der Waals surface area contributed by atoms with Gasteiger partial charge in [-0.15, -0.1) is 0 Å². The first-order valence-corrected chi connectivity index (χ1v) is 11.9. The highest BCUT2D eigenvalue weighted by molar-refractivity contribution is 5.95. The van der Waals surface area contributed by atoms with Gasteiger partial charge in [0.15, 0.2) is 0 Å². The number of carboxylic acids is 2. The van der Waals surface area contributed by atoms with Gasteiger partial charge in [-0.3, -0.25) is 24.0 Å². The molecule has 0 spiro atoms. The zero-order chi connectivity index (χ0) is 28.9. The van der Waals surface area contributed by atoms with Crippen LogP contribution in [0.1, 0.15) is 30.5 Å². The van der Waals surface area contributed by atoms with Crippen LogP contribution in [0, 0.1) is 0 Å². The summed E-state index contributed by atoms with van der Waals surface area (Å²) in [5.41, 5.74) is 11.9. The van der Waals surface area contributed by atoms with E-state index in [-0.39, 0.29) is 25.7 Å². The number of aliphatic carboxylic acids is 2. The van der Waals surface area contributed by atoms with Gasteiger partial charge >= 0.3 is 11.9 Å². The predicted octanol–water partition coefficient (Wildman–Crippen LogP) is -2.20. The normalized spacial score (nSPS) is 13.8. The highest BCUT2D eigenvalue weighted by Crippen LogP contribution is 2.07. The Hall–Kier alpha value is -4.79.